The highest BCUT2D eigenvalue weighted by Gasteiger charge is 2.05. The number of rotatable bonds is 6. The number of Topliss-reactive ketones (excluding diaryl/α,β-unsaturated/α-hetero) is 1. The molecule has 0 amide bonds. The third kappa shape index (κ3) is 3.12. The van der Waals surface area contributed by atoms with Gasteiger partial charge in [-0.05, 0) is 24.3 Å². The second kappa shape index (κ2) is 5.35. The summed E-state index contributed by atoms with van der Waals surface area (Å²) < 4.78 is 10.3. The lowest BCUT2D eigenvalue weighted by atomic mass is 10.1. The van der Waals surface area contributed by atoms with Crippen LogP contribution in [-0.4, -0.2) is 5.78 Å². The van der Waals surface area contributed by atoms with Crippen LogP contribution in [0.5, 0.6) is 0 Å². The molecule has 0 aliphatic carbocycles. The third-order valence-corrected chi connectivity index (χ3v) is 2.46. The maximum atomic E-state index is 11.6. The van der Waals surface area contributed by atoms with Crippen LogP contribution in [0.4, 0.5) is 0 Å². The average Bonchev–Trinajstić information content (AvgIpc) is 2.96. The van der Waals surface area contributed by atoms with Crippen molar-refractivity contribution in [2.24, 2.45) is 0 Å². The molecule has 2 rings (SSSR count). The molecule has 0 unspecified atom stereocenters. The van der Waals surface area contributed by atoms with Crippen LogP contribution in [0.15, 0.2) is 45.6 Å². The van der Waals surface area contributed by atoms with Crippen molar-refractivity contribution < 1.29 is 13.6 Å². The molecule has 3 heteroatoms. The molecular formula is C13H14O3. The Kier molecular flexibility index (Phi) is 3.59. The maximum absolute atomic E-state index is 11.6. The summed E-state index contributed by atoms with van der Waals surface area (Å²) in [6, 6.07) is 7.45. The first-order valence-corrected chi connectivity index (χ1v) is 5.41. The Morgan fingerprint density at radius 2 is 1.44 bits per heavy atom. The molecule has 0 saturated heterocycles. The summed E-state index contributed by atoms with van der Waals surface area (Å²) >= 11 is 0. The van der Waals surface area contributed by atoms with E-state index in [1.165, 1.54) is 0 Å². The highest BCUT2D eigenvalue weighted by atomic mass is 16.3. The van der Waals surface area contributed by atoms with E-state index < -0.39 is 0 Å². The molecule has 2 aromatic rings. The summed E-state index contributed by atoms with van der Waals surface area (Å²) in [5.41, 5.74) is 0. The predicted molar refractivity (Wildman–Crippen MR) is 59.1 cm³/mol. The molecule has 0 spiro atoms. The maximum Gasteiger partial charge on any atom is 0.133 e. The van der Waals surface area contributed by atoms with E-state index in [9.17, 15) is 4.79 Å². The van der Waals surface area contributed by atoms with Gasteiger partial charge in [-0.2, -0.15) is 0 Å². The zero-order chi connectivity index (χ0) is 11.2. The first kappa shape index (κ1) is 10.7. The normalized spacial score (nSPS) is 10.5. The monoisotopic (exact) mass is 218 g/mol. The van der Waals surface area contributed by atoms with E-state index in [1.54, 1.807) is 12.5 Å². The van der Waals surface area contributed by atoms with Crippen molar-refractivity contribution in [3.05, 3.63) is 48.3 Å². The molecule has 2 aromatic heterocycles. The number of carbonyl (C=O) groups is 1. The van der Waals surface area contributed by atoms with E-state index in [0.717, 1.165) is 11.5 Å². The molecule has 0 N–H and O–H groups in total. The van der Waals surface area contributed by atoms with Gasteiger partial charge >= 0.3 is 0 Å². The van der Waals surface area contributed by atoms with E-state index >= 15 is 0 Å². The minimum atomic E-state index is 0.243. The van der Waals surface area contributed by atoms with Crippen LogP contribution >= 0.6 is 0 Å². The van der Waals surface area contributed by atoms with Gasteiger partial charge in [0.15, 0.2) is 0 Å². The van der Waals surface area contributed by atoms with E-state index in [-0.39, 0.29) is 5.78 Å². The number of hydrogen-bond donors (Lipinski definition) is 0. The summed E-state index contributed by atoms with van der Waals surface area (Å²) in [6.45, 7) is 0. The Balaban J connectivity index is 1.69. The summed E-state index contributed by atoms with van der Waals surface area (Å²) in [6.07, 6.45) is 5.70. The Labute approximate surface area is 94.1 Å². The van der Waals surface area contributed by atoms with Gasteiger partial charge in [-0.25, -0.2) is 0 Å². The topological polar surface area (TPSA) is 43.4 Å². The number of carbonyl (C=O) groups excluding carboxylic acids is 1. The fraction of sp³-hybridized carbons (Fsp3) is 0.308. The van der Waals surface area contributed by atoms with E-state index in [2.05, 4.69) is 0 Å². The number of ketones is 1. The van der Waals surface area contributed by atoms with Gasteiger partial charge in [-0.15, -0.1) is 0 Å². The van der Waals surface area contributed by atoms with Crippen LogP contribution in [-0.2, 0) is 17.6 Å². The predicted octanol–water partition coefficient (Wildman–Crippen LogP) is 3.01. The molecule has 0 aliphatic heterocycles. The fourth-order valence-electron chi connectivity index (χ4n) is 1.56. The van der Waals surface area contributed by atoms with Crippen molar-refractivity contribution in [1.82, 2.24) is 0 Å². The Bertz CT molecular complexity index is 372. The van der Waals surface area contributed by atoms with Crippen molar-refractivity contribution in [1.29, 1.82) is 0 Å². The highest BCUT2D eigenvalue weighted by Crippen LogP contribution is 2.08. The summed E-state index contributed by atoms with van der Waals surface area (Å²) in [5, 5.41) is 0. The van der Waals surface area contributed by atoms with Crippen LogP contribution in [0.1, 0.15) is 24.4 Å². The SMILES string of the molecule is O=C(CCc1ccco1)CCc1ccco1. The molecule has 0 fully saturated rings. The second-order valence-corrected chi connectivity index (χ2v) is 3.70. The molecule has 0 saturated carbocycles. The van der Waals surface area contributed by atoms with Crippen LogP contribution in [0, 0.1) is 0 Å². The zero-order valence-electron chi connectivity index (χ0n) is 9.02. The summed E-state index contributed by atoms with van der Waals surface area (Å²) in [4.78, 5) is 11.6. The first-order chi connectivity index (χ1) is 7.84. The molecule has 16 heavy (non-hydrogen) atoms. The van der Waals surface area contributed by atoms with Gasteiger partial charge in [-0.3, -0.25) is 4.79 Å². The quantitative estimate of drug-likeness (QED) is 0.748. The molecule has 84 valence electrons. The molecule has 0 aromatic carbocycles. The van der Waals surface area contributed by atoms with Crippen molar-refractivity contribution in [3.8, 4) is 0 Å². The number of furan rings is 2. The van der Waals surface area contributed by atoms with Gasteiger partial charge in [0.25, 0.3) is 0 Å². The lowest BCUT2D eigenvalue weighted by molar-refractivity contribution is -0.119. The molecule has 0 atom stereocenters. The van der Waals surface area contributed by atoms with Crippen LogP contribution < -0.4 is 0 Å². The van der Waals surface area contributed by atoms with Gasteiger partial charge in [0, 0.05) is 25.7 Å². The molecule has 2 heterocycles. The van der Waals surface area contributed by atoms with Crippen molar-refractivity contribution in [2.45, 2.75) is 25.7 Å². The number of hydrogen-bond acceptors (Lipinski definition) is 3. The Morgan fingerprint density at radius 1 is 0.938 bits per heavy atom. The van der Waals surface area contributed by atoms with Gasteiger partial charge in [0.2, 0.25) is 0 Å². The van der Waals surface area contributed by atoms with E-state index in [0.29, 0.717) is 25.7 Å². The van der Waals surface area contributed by atoms with Crippen LogP contribution in [0.3, 0.4) is 0 Å². The third-order valence-electron chi connectivity index (χ3n) is 2.46. The minimum absolute atomic E-state index is 0.243. The smallest absolute Gasteiger partial charge is 0.133 e. The van der Waals surface area contributed by atoms with Crippen LogP contribution in [0.25, 0.3) is 0 Å². The van der Waals surface area contributed by atoms with Crippen molar-refractivity contribution >= 4 is 5.78 Å². The highest BCUT2D eigenvalue weighted by molar-refractivity contribution is 5.78. The van der Waals surface area contributed by atoms with Crippen molar-refractivity contribution in [2.75, 3.05) is 0 Å². The van der Waals surface area contributed by atoms with Gasteiger partial charge in [-0.1, -0.05) is 0 Å². The molecule has 0 aliphatic rings. The first-order valence-electron chi connectivity index (χ1n) is 5.41. The summed E-state index contributed by atoms with van der Waals surface area (Å²) in [7, 11) is 0. The summed E-state index contributed by atoms with van der Waals surface area (Å²) in [5.74, 6) is 1.98. The molecule has 0 bridgehead atoms. The van der Waals surface area contributed by atoms with E-state index in [4.69, 9.17) is 8.83 Å². The standard InChI is InChI=1S/C13H14O3/c14-11(5-7-12-3-1-9-15-12)6-8-13-4-2-10-16-13/h1-4,9-10H,5-8H2. The fourth-order valence-corrected chi connectivity index (χ4v) is 1.56. The second-order valence-electron chi connectivity index (χ2n) is 3.70. The van der Waals surface area contributed by atoms with E-state index in [1.807, 2.05) is 24.3 Å². The molecule has 0 radical (unpaired) electrons. The average molecular weight is 218 g/mol. The van der Waals surface area contributed by atoms with Gasteiger partial charge in [0.1, 0.15) is 17.3 Å². The zero-order valence-corrected chi connectivity index (χ0v) is 9.02. The lowest BCUT2D eigenvalue weighted by Crippen LogP contribution is -2.01. The Hall–Kier alpha value is -1.77. The Morgan fingerprint density at radius 3 is 1.81 bits per heavy atom. The largest absolute Gasteiger partial charge is 0.469 e. The molecular weight excluding hydrogens is 204 g/mol. The van der Waals surface area contributed by atoms with Gasteiger partial charge < -0.3 is 8.83 Å². The lowest BCUT2D eigenvalue weighted by Gasteiger charge is -1.98. The number of aryl methyl sites for hydroxylation is 2. The van der Waals surface area contributed by atoms with Crippen LogP contribution in [0.2, 0.25) is 0 Å². The van der Waals surface area contributed by atoms with Crippen molar-refractivity contribution in [3.63, 3.8) is 0 Å². The van der Waals surface area contributed by atoms with Gasteiger partial charge in [0.05, 0.1) is 12.5 Å². The molecule has 3 nitrogen and oxygen atoms in total. The minimum Gasteiger partial charge on any atom is -0.469 e.